The first-order valence-corrected chi connectivity index (χ1v) is 15.2. The number of nitrogens with one attached hydrogen (secondary N) is 1. The lowest BCUT2D eigenvalue weighted by molar-refractivity contribution is -0.137. The van der Waals surface area contributed by atoms with Crippen LogP contribution in [-0.2, 0) is 6.18 Å². The van der Waals surface area contributed by atoms with E-state index in [4.69, 9.17) is 4.98 Å². The Balaban J connectivity index is 1.28. The van der Waals surface area contributed by atoms with Crippen molar-refractivity contribution in [3.05, 3.63) is 72.0 Å². The lowest BCUT2D eigenvalue weighted by atomic mass is 10.1. The number of hydrogen-bond donors (Lipinski definition) is 1. The Labute approximate surface area is 249 Å². The summed E-state index contributed by atoms with van der Waals surface area (Å²) in [6.07, 6.45) is -2.35. The molecule has 1 N–H and O–H groups in total. The zero-order valence-corrected chi connectivity index (χ0v) is 24.2. The van der Waals surface area contributed by atoms with E-state index in [1.807, 2.05) is 12.1 Å². The highest BCUT2D eigenvalue weighted by atomic mass is 32.1. The van der Waals surface area contributed by atoms with Gasteiger partial charge in [0, 0.05) is 37.8 Å². The van der Waals surface area contributed by atoms with Crippen LogP contribution >= 0.6 is 11.3 Å². The Morgan fingerprint density at radius 2 is 1.70 bits per heavy atom. The number of anilines is 3. The largest absolute Gasteiger partial charge is 0.416 e. The summed E-state index contributed by atoms with van der Waals surface area (Å²) in [4.78, 5) is 9.69. The third-order valence-corrected chi connectivity index (χ3v) is 9.01. The highest BCUT2D eigenvalue weighted by molar-refractivity contribution is 7.18. The molecule has 0 radical (unpaired) electrons. The molecule has 5 aromatic rings. The van der Waals surface area contributed by atoms with Crippen LogP contribution in [0.5, 0.6) is 0 Å². The van der Waals surface area contributed by atoms with E-state index >= 15 is 0 Å². The zero-order valence-electron chi connectivity index (χ0n) is 23.4. The molecule has 43 heavy (non-hydrogen) atoms. The van der Waals surface area contributed by atoms with Crippen molar-refractivity contribution >= 4 is 38.9 Å². The summed E-state index contributed by atoms with van der Waals surface area (Å²) in [7, 11) is 0. The molecule has 1 saturated carbocycles. The van der Waals surface area contributed by atoms with Crippen LogP contribution in [0, 0.1) is 5.82 Å². The van der Waals surface area contributed by atoms with E-state index in [0.29, 0.717) is 27.1 Å². The molecule has 0 spiro atoms. The van der Waals surface area contributed by atoms with Gasteiger partial charge in [0.2, 0.25) is 5.13 Å². The van der Waals surface area contributed by atoms with Crippen molar-refractivity contribution in [1.29, 1.82) is 0 Å². The van der Waals surface area contributed by atoms with Gasteiger partial charge in [-0.1, -0.05) is 42.5 Å². The number of alkyl halides is 3. The Morgan fingerprint density at radius 1 is 0.953 bits per heavy atom. The van der Waals surface area contributed by atoms with Gasteiger partial charge in [-0.05, 0) is 55.8 Å². The molecular weight excluding hydrogens is 578 g/mol. The van der Waals surface area contributed by atoms with Crippen molar-refractivity contribution in [3.8, 4) is 22.0 Å². The van der Waals surface area contributed by atoms with Gasteiger partial charge in [-0.3, -0.25) is 0 Å². The molecule has 2 aromatic heterocycles. The molecule has 7 nitrogen and oxygen atoms in total. The van der Waals surface area contributed by atoms with Crippen LogP contribution in [0.4, 0.5) is 34.1 Å². The molecular formula is C31H29F4N7S. The fraction of sp³-hybridized carbons (Fsp3) is 0.323. The molecule has 222 valence electrons. The fourth-order valence-corrected chi connectivity index (χ4v) is 6.40. The number of aromatic nitrogens is 4. The number of nitrogens with zero attached hydrogens (tertiary/aromatic N) is 6. The summed E-state index contributed by atoms with van der Waals surface area (Å²) < 4.78 is 56.2. The third kappa shape index (κ3) is 5.45. The number of fused-ring (bicyclic) bond motifs is 1. The molecule has 3 aromatic carbocycles. The van der Waals surface area contributed by atoms with Crippen LogP contribution in [0.25, 0.3) is 33.0 Å². The molecule has 0 amide bonds. The lowest BCUT2D eigenvalue weighted by Gasteiger charge is -2.36. The van der Waals surface area contributed by atoms with Crippen molar-refractivity contribution in [1.82, 2.24) is 24.6 Å². The van der Waals surface area contributed by atoms with E-state index in [0.717, 1.165) is 80.1 Å². The van der Waals surface area contributed by atoms with Crippen molar-refractivity contribution in [2.75, 3.05) is 42.9 Å². The summed E-state index contributed by atoms with van der Waals surface area (Å²) in [5.41, 5.74) is 3.83. The first-order chi connectivity index (χ1) is 20.8. The molecule has 3 heterocycles. The molecule has 2 fully saturated rings. The number of likely N-dealkylation sites (N-methyl/N-ethyl adjacent to an activating group) is 1. The Bertz CT molecular complexity index is 1770. The van der Waals surface area contributed by atoms with Crippen molar-refractivity contribution in [2.45, 2.75) is 32.0 Å². The fourth-order valence-electron chi connectivity index (χ4n) is 5.64. The minimum Gasteiger partial charge on any atom is -0.367 e. The van der Waals surface area contributed by atoms with Crippen molar-refractivity contribution in [3.63, 3.8) is 0 Å². The predicted molar refractivity (Wildman–Crippen MR) is 161 cm³/mol. The van der Waals surface area contributed by atoms with Gasteiger partial charge in [-0.25, -0.2) is 9.37 Å². The quantitative estimate of drug-likeness (QED) is 0.192. The average Bonchev–Trinajstić information content (AvgIpc) is 3.62. The molecule has 1 saturated heterocycles. The Morgan fingerprint density at radius 3 is 2.37 bits per heavy atom. The molecule has 0 atom stereocenters. The number of benzene rings is 3. The highest BCUT2D eigenvalue weighted by Gasteiger charge is 2.32. The van der Waals surface area contributed by atoms with Crippen LogP contribution in [0.1, 0.15) is 31.4 Å². The van der Waals surface area contributed by atoms with Gasteiger partial charge in [0.1, 0.15) is 16.6 Å². The molecule has 2 aliphatic rings. The SMILES string of the molecule is CCN1CCN(c2cc3c(cc2Nc2nnc(-c4ccc(C(F)(F)F)cc4)s2)nc(-c2ccccc2F)n3C2CC2)CC1. The van der Waals surface area contributed by atoms with Gasteiger partial charge in [0.05, 0.1) is 33.5 Å². The maximum atomic E-state index is 14.9. The first-order valence-electron chi connectivity index (χ1n) is 14.3. The molecule has 1 aliphatic carbocycles. The average molecular weight is 608 g/mol. The highest BCUT2D eigenvalue weighted by Crippen LogP contribution is 2.44. The van der Waals surface area contributed by atoms with E-state index in [2.05, 4.69) is 42.9 Å². The van der Waals surface area contributed by atoms with Crippen LogP contribution in [0.15, 0.2) is 60.7 Å². The van der Waals surface area contributed by atoms with Crippen LogP contribution in [-0.4, -0.2) is 57.4 Å². The van der Waals surface area contributed by atoms with Gasteiger partial charge >= 0.3 is 6.18 Å². The van der Waals surface area contributed by atoms with Crippen LogP contribution in [0.2, 0.25) is 0 Å². The molecule has 0 unspecified atom stereocenters. The monoisotopic (exact) mass is 607 g/mol. The summed E-state index contributed by atoms with van der Waals surface area (Å²) in [6.45, 7) is 6.73. The molecule has 12 heteroatoms. The number of imidazole rings is 1. The Kier molecular flexibility index (Phi) is 7.05. The second kappa shape index (κ2) is 10.9. The number of rotatable bonds is 7. The topological polar surface area (TPSA) is 62.1 Å². The second-order valence-corrected chi connectivity index (χ2v) is 11.9. The van der Waals surface area contributed by atoms with Gasteiger partial charge in [-0.15, -0.1) is 10.2 Å². The number of halogens is 4. The maximum absolute atomic E-state index is 14.9. The van der Waals surface area contributed by atoms with Gasteiger partial charge in [0.25, 0.3) is 0 Å². The molecule has 1 aliphatic heterocycles. The van der Waals surface area contributed by atoms with Gasteiger partial charge in [0.15, 0.2) is 0 Å². The van der Waals surface area contributed by atoms with E-state index < -0.39 is 11.7 Å². The van der Waals surface area contributed by atoms with Gasteiger partial charge in [-0.2, -0.15) is 13.2 Å². The normalized spacial score (nSPS) is 16.3. The van der Waals surface area contributed by atoms with Crippen LogP contribution < -0.4 is 10.2 Å². The smallest absolute Gasteiger partial charge is 0.367 e. The number of hydrogen-bond acceptors (Lipinski definition) is 7. The summed E-state index contributed by atoms with van der Waals surface area (Å²) in [6, 6.07) is 16.1. The third-order valence-electron chi connectivity index (χ3n) is 8.12. The first kappa shape index (κ1) is 27.8. The molecule has 7 rings (SSSR count). The minimum absolute atomic E-state index is 0.276. The maximum Gasteiger partial charge on any atom is 0.416 e. The minimum atomic E-state index is -4.40. The van der Waals surface area contributed by atoms with E-state index in [9.17, 15) is 17.6 Å². The Hall–Kier alpha value is -4.03. The van der Waals surface area contributed by atoms with E-state index in [1.54, 1.807) is 12.1 Å². The second-order valence-electron chi connectivity index (χ2n) is 10.9. The predicted octanol–water partition coefficient (Wildman–Crippen LogP) is 7.60. The standard InChI is InChI=1S/C31H29F4N7S/c1-2-40-13-15-41(16-14-40)26-18-27-25(36-28(42(27)21-11-12-21)22-5-3-4-6-23(22)32)17-24(26)37-30-39-38-29(43-30)19-7-9-20(10-8-19)31(33,34)35/h3-10,17-18,21H,2,11-16H2,1H3,(H,37,39). The number of piperazine rings is 1. The van der Waals surface area contributed by atoms with Crippen LogP contribution in [0.3, 0.4) is 0 Å². The van der Waals surface area contributed by atoms with Crippen molar-refractivity contribution < 1.29 is 17.6 Å². The van der Waals surface area contributed by atoms with E-state index in [-0.39, 0.29) is 11.9 Å². The zero-order chi connectivity index (χ0) is 29.7. The summed E-state index contributed by atoms with van der Waals surface area (Å²) >= 11 is 1.26. The molecule has 0 bridgehead atoms. The summed E-state index contributed by atoms with van der Waals surface area (Å²) in [5, 5.41) is 13.0. The lowest BCUT2D eigenvalue weighted by Crippen LogP contribution is -2.46. The summed E-state index contributed by atoms with van der Waals surface area (Å²) in [5.74, 6) is 0.314. The van der Waals surface area contributed by atoms with E-state index in [1.165, 1.54) is 29.5 Å². The van der Waals surface area contributed by atoms with Crippen molar-refractivity contribution in [2.24, 2.45) is 0 Å². The van der Waals surface area contributed by atoms with Gasteiger partial charge < -0.3 is 19.7 Å².